The van der Waals surface area contributed by atoms with E-state index in [1.54, 1.807) is 6.92 Å². The van der Waals surface area contributed by atoms with Gasteiger partial charge in [0.2, 0.25) is 0 Å². The average molecular weight is 172 g/mol. The van der Waals surface area contributed by atoms with E-state index in [2.05, 4.69) is 9.47 Å². The molecule has 0 aliphatic rings. The minimum atomic E-state index is -4.93. The van der Waals surface area contributed by atoms with Gasteiger partial charge in [-0.15, -0.1) is 0 Å². The summed E-state index contributed by atoms with van der Waals surface area (Å²) < 4.78 is 42.1. The molecule has 0 bridgehead atoms. The molecule has 0 rings (SSSR count). The lowest BCUT2D eigenvalue weighted by molar-refractivity contribution is -0.209. The maximum Gasteiger partial charge on any atom is 0.491 e. The lowest BCUT2D eigenvalue weighted by atomic mass is 10.7. The van der Waals surface area contributed by atoms with Gasteiger partial charge in [-0.05, 0) is 6.92 Å². The Morgan fingerprint density at radius 2 is 2.00 bits per heavy atom. The predicted molar refractivity (Wildman–Crippen MR) is 28.6 cm³/mol. The number of halogens is 3. The third-order valence-electron chi connectivity index (χ3n) is 0.709. The number of hydrogen-bond donors (Lipinski definition) is 0. The Hall–Kier alpha value is -0.780. The van der Waals surface area contributed by atoms with Crippen molar-refractivity contribution in [1.29, 1.82) is 0 Å². The fourth-order valence-electron chi connectivity index (χ4n) is 0.260. The number of ether oxygens (including phenoxy) is 2. The molecule has 11 heavy (non-hydrogen) atoms. The first-order chi connectivity index (χ1) is 4.98. The molecule has 0 unspecified atom stereocenters. The van der Waals surface area contributed by atoms with Crippen LogP contribution in [0.25, 0.3) is 0 Å². The van der Waals surface area contributed by atoms with Crippen molar-refractivity contribution in [3.05, 3.63) is 0 Å². The van der Waals surface area contributed by atoms with Crippen LogP contribution in [0.1, 0.15) is 6.92 Å². The van der Waals surface area contributed by atoms with Gasteiger partial charge >= 0.3 is 12.1 Å². The smallest absolute Gasteiger partial charge is 0.432 e. The van der Waals surface area contributed by atoms with Crippen LogP contribution in [0.15, 0.2) is 0 Å². The van der Waals surface area contributed by atoms with Crippen LogP contribution in [0.2, 0.25) is 0 Å². The average Bonchev–Trinajstić information content (AvgIpc) is 1.86. The standard InChI is InChI=1S/C5H7F3O3/c1-2-10-3-11-4(9)5(6,7)8/h2-3H2,1H3. The van der Waals surface area contributed by atoms with Gasteiger partial charge in [-0.1, -0.05) is 0 Å². The third-order valence-corrected chi connectivity index (χ3v) is 0.709. The van der Waals surface area contributed by atoms with Crippen molar-refractivity contribution in [3.63, 3.8) is 0 Å². The van der Waals surface area contributed by atoms with E-state index in [0.29, 0.717) is 0 Å². The number of hydrogen-bond acceptors (Lipinski definition) is 3. The topological polar surface area (TPSA) is 35.5 Å². The lowest BCUT2D eigenvalue weighted by Crippen LogP contribution is -2.26. The SMILES string of the molecule is CCOCOC(=O)C(F)(F)F. The van der Waals surface area contributed by atoms with Crippen LogP contribution in [0.4, 0.5) is 13.2 Å². The summed E-state index contributed by atoms with van der Waals surface area (Å²) in [5.74, 6) is -2.23. The van der Waals surface area contributed by atoms with Crippen LogP contribution in [0.3, 0.4) is 0 Å². The molecule has 0 aromatic heterocycles. The molecule has 0 aromatic rings. The van der Waals surface area contributed by atoms with Crippen LogP contribution in [-0.4, -0.2) is 25.5 Å². The van der Waals surface area contributed by atoms with Crippen molar-refractivity contribution in [3.8, 4) is 0 Å². The van der Waals surface area contributed by atoms with Gasteiger partial charge in [-0.25, -0.2) is 4.79 Å². The highest BCUT2D eigenvalue weighted by atomic mass is 19.4. The summed E-state index contributed by atoms with van der Waals surface area (Å²) in [7, 11) is 0. The van der Waals surface area contributed by atoms with Crippen LogP contribution >= 0.6 is 0 Å². The Balaban J connectivity index is 3.54. The van der Waals surface area contributed by atoms with Gasteiger partial charge in [0.25, 0.3) is 0 Å². The predicted octanol–water partition coefficient (Wildman–Crippen LogP) is 1.09. The Kier molecular flexibility index (Phi) is 3.88. The van der Waals surface area contributed by atoms with Crippen LogP contribution in [0.5, 0.6) is 0 Å². The third kappa shape index (κ3) is 4.60. The number of carbonyl (C=O) groups is 1. The lowest BCUT2D eigenvalue weighted by Gasteiger charge is -2.05. The molecule has 0 aliphatic carbocycles. The molecule has 6 heteroatoms. The highest BCUT2D eigenvalue weighted by molar-refractivity contribution is 5.75. The summed E-state index contributed by atoms with van der Waals surface area (Å²) in [6.45, 7) is 1.11. The van der Waals surface area contributed by atoms with E-state index >= 15 is 0 Å². The molecule has 0 saturated carbocycles. The molecule has 0 aromatic carbocycles. The van der Waals surface area contributed by atoms with Gasteiger partial charge in [0.1, 0.15) is 0 Å². The normalized spacial score (nSPS) is 11.3. The van der Waals surface area contributed by atoms with E-state index in [1.807, 2.05) is 0 Å². The molecule has 0 atom stereocenters. The fourth-order valence-corrected chi connectivity index (χ4v) is 0.260. The molecule has 0 spiro atoms. The van der Waals surface area contributed by atoms with Gasteiger partial charge in [0, 0.05) is 6.61 Å². The minimum Gasteiger partial charge on any atom is -0.432 e. The highest BCUT2D eigenvalue weighted by Gasteiger charge is 2.40. The van der Waals surface area contributed by atoms with Gasteiger partial charge in [0.05, 0.1) is 0 Å². The maximum absolute atomic E-state index is 11.3. The Bertz CT molecular complexity index is 131. The highest BCUT2D eigenvalue weighted by Crippen LogP contribution is 2.16. The van der Waals surface area contributed by atoms with Crippen LogP contribution in [-0.2, 0) is 14.3 Å². The second kappa shape index (κ2) is 4.17. The van der Waals surface area contributed by atoms with E-state index in [9.17, 15) is 18.0 Å². The zero-order valence-electron chi connectivity index (χ0n) is 5.77. The molecule has 0 N–H and O–H groups in total. The fraction of sp³-hybridized carbons (Fsp3) is 0.800. The summed E-state index contributed by atoms with van der Waals surface area (Å²) in [6.07, 6.45) is -4.93. The zero-order chi connectivity index (χ0) is 8.91. The monoisotopic (exact) mass is 172 g/mol. The van der Waals surface area contributed by atoms with E-state index in [4.69, 9.17) is 0 Å². The van der Waals surface area contributed by atoms with Crippen molar-refractivity contribution < 1.29 is 27.4 Å². The quantitative estimate of drug-likeness (QED) is 0.363. The Morgan fingerprint density at radius 3 is 2.36 bits per heavy atom. The number of rotatable bonds is 3. The van der Waals surface area contributed by atoms with E-state index in [0.717, 1.165) is 0 Å². The van der Waals surface area contributed by atoms with Crippen molar-refractivity contribution in [1.82, 2.24) is 0 Å². The van der Waals surface area contributed by atoms with Crippen LogP contribution < -0.4 is 0 Å². The summed E-state index contributed by atoms with van der Waals surface area (Å²) in [5, 5.41) is 0. The van der Waals surface area contributed by atoms with Crippen LogP contribution in [0, 0.1) is 0 Å². The van der Waals surface area contributed by atoms with E-state index < -0.39 is 18.9 Å². The zero-order valence-corrected chi connectivity index (χ0v) is 5.77. The first kappa shape index (κ1) is 10.2. The van der Waals surface area contributed by atoms with Crippen molar-refractivity contribution in [2.24, 2.45) is 0 Å². The van der Waals surface area contributed by atoms with E-state index in [-0.39, 0.29) is 6.61 Å². The molecular formula is C5H7F3O3. The largest absolute Gasteiger partial charge is 0.491 e. The summed E-state index contributed by atoms with van der Waals surface area (Å²) in [4.78, 5) is 9.91. The Morgan fingerprint density at radius 1 is 1.45 bits per heavy atom. The van der Waals surface area contributed by atoms with Crippen molar-refractivity contribution in [2.45, 2.75) is 13.1 Å². The molecule has 0 amide bonds. The number of esters is 1. The van der Waals surface area contributed by atoms with Gasteiger partial charge in [-0.2, -0.15) is 13.2 Å². The van der Waals surface area contributed by atoms with Crippen molar-refractivity contribution >= 4 is 5.97 Å². The molecule has 66 valence electrons. The molecule has 3 nitrogen and oxygen atoms in total. The van der Waals surface area contributed by atoms with Gasteiger partial charge in [-0.3, -0.25) is 0 Å². The molecule has 0 radical (unpaired) electrons. The second-order valence-corrected chi connectivity index (χ2v) is 1.54. The summed E-state index contributed by atoms with van der Waals surface area (Å²) in [6, 6.07) is 0. The number of carbonyl (C=O) groups excluding carboxylic acids is 1. The molecule has 0 aliphatic heterocycles. The Labute approximate surface area is 61.1 Å². The minimum absolute atomic E-state index is 0.200. The summed E-state index contributed by atoms with van der Waals surface area (Å²) >= 11 is 0. The van der Waals surface area contributed by atoms with E-state index in [1.165, 1.54) is 0 Å². The molecule has 0 saturated heterocycles. The number of alkyl halides is 3. The first-order valence-electron chi connectivity index (χ1n) is 2.80. The van der Waals surface area contributed by atoms with Gasteiger partial charge < -0.3 is 9.47 Å². The molecule has 0 fully saturated rings. The molecule has 0 heterocycles. The molecular weight excluding hydrogens is 165 g/mol. The summed E-state index contributed by atoms with van der Waals surface area (Å²) in [5.41, 5.74) is 0. The first-order valence-corrected chi connectivity index (χ1v) is 2.80. The maximum atomic E-state index is 11.3. The second-order valence-electron chi connectivity index (χ2n) is 1.54. The van der Waals surface area contributed by atoms with Gasteiger partial charge in [0.15, 0.2) is 6.79 Å². The van der Waals surface area contributed by atoms with Crippen molar-refractivity contribution in [2.75, 3.05) is 13.4 Å².